The largest absolute Gasteiger partial charge is 0.377 e. The Morgan fingerprint density at radius 3 is 3.12 bits per heavy atom. The smallest absolute Gasteiger partial charge is 0.100 e. The summed E-state index contributed by atoms with van der Waals surface area (Å²) in [4.78, 5) is 2.25. The summed E-state index contributed by atoms with van der Waals surface area (Å²) in [6, 6.07) is 0. The zero-order chi connectivity index (χ0) is 11.5. The van der Waals surface area contributed by atoms with Crippen LogP contribution in [0.1, 0.15) is 17.3 Å². The highest BCUT2D eigenvalue weighted by atomic mass is 16.5. The molecule has 0 aromatic carbocycles. The number of rotatable bonds is 4. The van der Waals surface area contributed by atoms with E-state index in [1.807, 2.05) is 11.7 Å². The molecule has 5 nitrogen and oxygen atoms in total. The van der Waals surface area contributed by atoms with Gasteiger partial charge in [0.05, 0.1) is 18.9 Å². The minimum absolute atomic E-state index is 0.355. The topological polar surface area (TPSA) is 43.2 Å². The SMILES string of the molecule is C=CCOCC1CN(C)Cc2nnn(C)c21. The van der Waals surface area contributed by atoms with Gasteiger partial charge in [0.1, 0.15) is 5.69 Å². The van der Waals surface area contributed by atoms with E-state index in [0.717, 1.165) is 18.8 Å². The van der Waals surface area contributed by atoms with Crippen LogP contribution < -0.4 is 0 Å². The molecule has 1 aliphatic heterocycles. The van der Waals surface area contributed by atoms with E-state index in [9.17, 15) is 0 Å². The number of hydrogen-bond acceptors (Lipinski definition) is 4. The van der Waals surface area contributed by atoms with Gasteiger partial charge in [-0.3, -0.25) is 9.58 Å². The van der Waals surface area contributed by atoms with Crippen molar-refractivity contribution in [3.63, 3.8) is 0 Å². The van der Waals surface area contributed by atoms with Crippen LogP contribution in [0.4, 0.5) is 0 Å². The molecule has 0 radical (unpaired) electrons. The molecule has 1 aromatic rings. The van der Waals surface area contributed by atoms with Crippen molar-refractivity contribution in [2.24, 2.45) is 7.05 Å². The number of aryl methyl sites for hydroxylation is 1. The molecule has 16 heavy (non-hydrogen) atoms. The van der Waals surface area contributed by atoms with Crippen molar-refractivity contribution >= 4 is 0 Å². The van der Waals surface area contributed by atoms with Crippen LogP contribution in [0.25, 0.3) is 0 Å². The third kappa shape index (κ3) is 2.15. The minimum Gasteiger partial charge on any atom is -0.377 e. The molecule has 0 amide bonds. The number of likely N-dealkylation sites (N-methyl/N-ethyl adjacent to an activating group) is 1. The van der Waals surface area contributed by atoms with Gasteiger partial charge in [-0.1, -0.05) is 11.3 Å². The maximum absolute atomic E-state index is 5.54. The molecule has 1 aromatic heterocycles. The van der Waals surface area contributed by atoms with Crippen molar-refractivity contribution in [3.8, 4) is 0 Å². The summed E-state index contributed by atoms with van der Waals surface area (Å²) >= 11 is 0. The second-order valence-electron chi connectivity index (χ2n) is 4.26. The first-order chi connectivity index (χ1) is 7.72. The molecule has 5 heteroatoms. The highest BCUT2D eigenvalue weighted by Gasteiger charge is 2.28. The van der Waals surface area contributed by atoms with Crippen molar-refractivity contribution in [3.05, 3.63) is 24.0 Å². The molecular formula is C11H18N4O. The Labute approximate surface area is 95.7 Å². The van der Waals surface area contributed by atoms with Gasteiger partial charge in [0.15, 0.2) is 0 Å². The van der Waals surface area contributed by atoms with E-state index in [1.165, 1.54) is 5.69 Å². The molecule has 0 bridgehead atoms. The number of ether oxygens (including phenoxy) is 1. The quantitative estimate of drug-likeness (QED) is 0.551. The molecule has 0 saturated heterocycles. The number of aromatic nitrogens is 3. The van der Waals surface area contributed by atoms with E-state index in [-0.39, 0.29) is 0 Å². The monoisotopic (exact) mass is 222 g/mol. The molecule has 88 valence electrons. The summed E-state index contributed by atoms with van der Waals surface area (Å²) in [6.45, 7) is 6.81. The molecule has 1 aliphatic rings. The van der Waals surface area contributed by atoms with Crippen LogP contribution in [-0.2, 0) is 18.3 Å². The van der Waals surface area contributed by atoms with E-state index in [4.69, 9.17) is 4.74 Å². The molecule has 1 unspecified atom stereocenters. The van der Waals surface area contributed by atoms with Crippen LogP contribution in [0, 0.1) is 0 Å². The third-order valence-corrected chi connectivity index (χ3v) is 2.84. The van der Waals surface area contributed by atoms with Gasteiger partial charge < -0.3 is 4.74 Å². The van der Waals surface area contributed by atoms with Crippen molar-refractivity contribution in [1.82, 2.24) is 19.9 Å². The fourth-order valence-corrected chi connectivity index (χ4v) is 2.23. The second-order valence-corrected chi connectivity index (χ2v) is 4.26. The first-order valence-corrected chi connectivity index (χ1v) is 5.48. The Balaban J connectivity index is 2.12. The van der Waals surface area contributed by atoms with Crippen LogP contribution in [-0.4, -0.2) is 46.7 Å². The summed E-state index contributed by atoms with van der Waals surface area (Å²) in [7, 11) is 4.04. The van der Waals surface area contributed by atoms with Gasteiger partial charge in [0.2, 0.25) is 0 Å². The standard InChI is InChI=1S/C11H18N4O/c1-4-5-16-8-9-6-14(2)7-10-11(9)15(3)13-12-10/h4,9H,1,5-8H2,2-3H3. The van der Waals surface area contributed by atoms with E-state index >= 15 is 0 Å². The van der Waals surface area contributed by atoms with Crippen LogP contribution in [0.2, 0.25) is 0 Å². The summed E-state index contributed by atoms with van der Waals surface area (Å²) < 4.78 is 7.40. The summed E-state index contributed by atoms with van der Waals surface area (Å²) in [5, 5.41) is 8.26. The highest BCUT2D eigenvalue weighted by Crippen LogP contribution is 2.25. The summed E-state index contributed by atoms with van der Waals surface area (Å²) in [6.07, 6.45) is 1.77. The lowest BCUT2D eigenvalue weighted by atomic mass is 9.99. The van der Waals surface area contributed by atoms with Gasteiger partial charge >= 0.3 is 0 Å². The zero-order valence-corrected chi connectivity index (χ0v) is 9.89. The Morgan fingerprint density at radius 1 is 1.56 bits per heavy atom. The second kappa shape index (κ2) is 4.76. The Morgan fingerprint density at radius 2 is 2.38 bits per heavy atom. The maximum Gasteiger partial charge on any atom is 0.100 e. The molecule has 0 fully saturated rings. The van der Waals surface area contributed by atoms with Crippen LogP contribution >= 0.6 is 0 Å². The summed E-state index contributed by atoms with van der Waals surface area (Å²) in [5.74, 6) is 0.355. The molecule has 0 aliphatic carbocycles. The average molecular weight is 222 g/mol. The first-order valence-electron chi connectivity index (χ1n) is 5.48. The van der Waals surface area contributed by atoms with E-state index < -0.39 is 0 Å². The Kier molecular flexibility index (Phi) is 3.36. The van der Waals surface area contributed by atoms with E-state index in [0.29, 0.717) is 19.1 Å². The summed E-state index contributed by atoms with van der Waals surface area (Å²) in [5.41, 5.74) is 2.28. The molecule has 1 atom stereocenters. The normalized spacial score (nSPS) is 20.8. The molecular weight excluding hydrogens is 204 g/mol. The van der Waals surface area contributed by atoms with E-state index in [1.54, 1.807) is 6.08 Å². The third-order valence-electron chi connectivity index (χ3n) is 2.84. The molecule has 0 saturated carbocycles. The number of fused-ring (bicyclic) bond motifs is 1. The van der Waals surface area contributed by atoms with Crippen molar-refractivity contribution in [2.75, 3.05) is 26.8 Å². The van der Waals surface area contributed by atoms with Crippen molar-refractivity contribution in [1.29, 1.82) is 0 Å². The van der Waals surface area contributed by atoms with Crippen molar-refractivity contribution < 1.29 is 4.74 Å². The van der Waals surface area contributed by atoms with Gasteiger partial charge in [-0.25, -0.2) is 0 Å². The predicted molar refractivity (Wildman–Crippen MR) is 61.1 cm³/mol. The highest BCUT2D eigenvalue weighted by molar-refractivity contribution is 5.19. The zero-order valence-electron chi connectivity index (χ0n) is 9.89. The van der Waals surface area contributed by atoms with E-state index in [2.05, 4.69) is 28.8 Å². The Hall–Kier alpha value is -1.20. The van der Waals surface area contributed by atoms with Crippen LogP contribution in [0.5, 0.6) is 0 Å². The van der Waals surface area contributed by atoms with Gasteiger partial charge in [0, 0.05) is 26.1 Å². The average Bonchev–Trinajstić information content (AvgIpc) is 2.60. The number of hydrogen-bond donors (Lipinski definition) is 0. The maximum atomic E-state index is 5.54. The molecule has 0 N–H and O–H groups in total. The lowest BCUT2D eigenvalue weighted by Gasteiger charge is -2.29. The molecule has 2 heterocycles. The lowest BCUT2D eigenvalue weighted by Crippen LogP contribution is -2.33. The molecule has 2 rings (SSSR count). The fourth-order valence-electron chi connectivity index (χ4n) is 2.23. The van der Waals surface area contributed by atoms with Crippen molar-refractivity contribution in [2.45, 2.75) is 12.5 Å². The van der Waals surface area contributed by atoms with Crippen LogP contribution in [0.3, 0.4) is 0 Å². The van der Waals surface area contributed by atoms with Gasteiger partial charge in [-0.2, -0.15) is 0 Å². The Bertz CT molecular complexity index is 374. The lowest BCUT2D eigenvalue weighted by molar-refractivity contribution is 0.121. The van der Waals surface area contributed by atoms with Gasteiger partial charge in [-0.15, -0.1) is 11.7 Å². The molecule has 0 spiro atoms. The van der Waals surface area contributed by atoms with Gasteiger partial charge in [-0.05, 0) is 7.05 Å². The predicted octanol–water partition coefficient (Wildman–Crippen LogP) is 0.547. The fraction of sp³-hybridized carbons (Fsp3) is 0.636. The first kappa shape index (κ1) is 11.3. The van der Waals surface area contributed by atoms with Gasteiger partial charge in [0.25, 0.3) is 0 Å². The van der Waals surface area contributed by atoms with Crippen LogP contribution in [0.15, 0.2) is 12.7 Å². The number of nitrogens with zero attached hydrogens (tertiary/aromatic N) is 4. The minimum atomic E-state index is 0.355.